The molecule has 0 spiro atoms. The molecular weight excluding hydrogens is 1350 g/mol. The number of rotatable bonds is 5. The monoisotopic (exact) mass is 1390 g/mol. The molecule has 0 aromatic rings. The van der Waals surface area contributed by atoms with Crippen LogP contribution in [0, 0.1) is 118 Å². The quantitative estimate of drug-likeness (QED) is 0.112. The fraction of sp³-hybridized carbons (Fsp3) is 0.778. The molecule has 5 heterocycles. The van der Waals surface area contributed by atoms with Crippen LogP contribution < -0.4 is 25.5 Å². The molecule has 26 heteroatoms. The van der Waals surface area contributed by atoms with Crippen molar-refractivity contribution in [1.82, 2.24) is 0 Å². The number of hydrogen-bond donors (Lipinski definition) is 0. The van der Waals surface area contributed by atoms with Crippen molar-refractivity contribution in [3.63, 3.8) is 0 Å². The average molecular weight is 1390 g/mol. The van der Waals surface area contributed by atoms with Gasteiger partial charge < -0.3 is 73.2 Å². The SMILES string of the molecule is O=C([O-])C1C2CC3C(OC(=O)C31)C2Br.O=C([O-])C1C2CC3C(OC(=O)C31)C2Br.O=C([O-])C1C2CC3C(OC(=O)C31)C2Br.O=C([O-])C1C2CC3C(OC(=O)C31)C2Br.O=C([O-])C1C2CC3C(OC(=O)C31)C2Br.[Nb+5]. The third kappa shape index (κ3) is 7.51. The van der Waals surface area contributed by atoms with E-state index in [1.54, 1.807) is 0 Å². The van der Waals surface area contributed by atoms with Crippen LogP contribution in [0.1, 0.15) is 32.1 Å². The molecule has 20 nitrogen and oxygen atoms in total. The summed E-state index contributed by atoms with van der Waals surface area (Å²) in [6, 6.07) is 0. The molecule has 10 aliphatic carbocycles. The standard InChI is InChI=1S/5C9H9BrO4.Nb/c5*10-6-2-1-3-5(4(2)8(11)12)9(13)14-7(3)6;/h5*2-7H,1H2,(H,11,12);/q;;;;;+5/p-5. The van der Waals surface area contributed by atoms with Crippen LogP contribution in [0.5, 0.6) is 0 Å². The molecule has 15 fully saturated rings. The van der Waals surface area contributed by atoms with Gasteiger partial charge in [-0.05, 0) is 61.7 Å². The normalized spacial score (nSPS) is 52.9. The summed E-state index contributed by atoms with van der Waals surface area (Å²) in [6.45, 7) is 0. The van der Waals surface area contributed by atoms with Gasteiger partial charge in [-0.25, -0.2) is 0 Å². The Balaban J connectivity index is 0.000000102. The van der Waals surface area contributed by atoms with Crippen molar-refractivity contribution in [2.24, 2.45) is 118 Å². The average Bonchev–Trinajstić information content (AvgIpc) is 4.12. The van der Waals surface area contributed by atoms with Crippen molar-refractivity contribution in [1.29, 1.82) is 0 Å². The topological polar surface area (TPSA) is 332 Å². The number of carboxylic acid groups (broad SMARTS) is 5. The van der Waals surface area contributed by atoms with Gasteiger partial charge in [-0.3, -0.25) is 24.0 Å². The molecule has 30 atom stereocenters. The number of alkyl halides is 5. The number of fused-ring (bicyclic) bond motifs is 5. The molecule has 30 unspecified atom stereocenters. The fourth-order valence-electron chi connectivity index (χ4n) is 16.5. The van der Waals surface area contributed by atoms with Crippen molar-refractivity contribution in [3.05, 3.63) is 0 Å². The molecule has 0 N–H and O–H groups in total. The summed E-state index contributed by atoms with van der Waals surface area (Å²) in [5.74, 6) is -12.2. The van der Waals surface area contributed by atoms with Crippen molar-refractivity contribution in [2.45, 2.75) is 86.8 Å². The first-order chi connectivity index (χ1) is 33.0. The fourth-order valence-corrected chi connectivity index (χ4v) is 21.7. The summed E-state index contributed by atoms with van der Waals surface area (Å²) in [6.07, 6.45) is 3.35. The predicted octanol–water partition coefficient (Wildman–Crippen LogP) is -3.47. The van der Waals surface area contributed by atoms with Crippen molar-refractivity contribution in [2.75, 3.05) is 0 Å². The minimum absolute atomic E-state index is 0. The van der Waals surface area contributed by atoms with Gasteiger partial charge in [0.25, 0.3) is 0 Å². The maximum absolute atomic E-state index is 11.4. The van der Waals surface area contributed by atoms with E-state index in [0.29, 0.717) is 0 Å². The van der Waals surface area contributed by atoms with E-state index in [-0.39, 0.29) is 166 Å². The van der Waals surface area contributed by atoms with Crippen LogP contribution in [0.3, 0.4) is 0 Å². The first kappa shape index (κ1) is 52.3. The number of esters is 5. The second kappa shape index (κ2) is 18.5. The van der Waals surface area contributed by atoms with Gasteiger partial charge in [0.15, 0.2) is 0 Å². The van der Waals surface area contributed by atoms with Gasteiger partial charge in [-0.1, -0.05) is 79.6 Å². The van der Waals surface area contributed by atoms with Crippen LogP contribution >= 0.6 is 79.6 Å². The number of hydrogen-bond acceptors (Lipinski definition) is 20. The van der Waals surface area contributed by atoms with Crippen LogP contribution in [0.25, 0.3) is 0 Å². The molecule has 0 radical (unpaired) electrons. The van der Waals surface area contributed by atoms with Crippen LogP contribution in [-0.2, 0) is 94.0 Å². The van der Waals surface area contributed by atoms with Gasteiger partial charge in [0.1, 0.15) is 30.5 Å². The Morgan fingerprint density at radius 3 is 0.577 bits per heavy atom. The second-order valence-electron chi connectivity index (χ2n) is 21.4. The summed E-state index contributed by atoms with van der Waals surface area (Å²) in [4.78, 5) is 112. The Labute approximate surface area is 460 Å². The number of ether oxygens (including phenoxy) is 5. The summed E-state index contributed by atoms with van der Waals surface area (Å²) >= 11 is 17.1. The maximum Gasteiger partial charge on any atom is 5.00 e. The van der Waals surface area contributed by atoms with Crippen molar-refractivity contribution in [3.8, 4) is 0 Å². The van der Waals surface area contributed by atoms with Gasteiger partial charge in [0.2, 0.25) is 0 Å². The Kier molecular flexibility index (Phi) is 13.7. The molecule has 0 amide bonds. The van der Waals surface area contributed by atoms with Gasteiger partial charge in [-0.15, -0.1) is 0 Å². The van der Waals surface area contributed by atoms with Crippen LogP contribution in [-0.4, -0.2) is 114 Å². The van der Waals surface area contributed by atoms with Crippen molar-refractivity contribution < 1.29 is 120 Å². The van der Waals surface area contributed by atoms with Gasteiger partial charge in [-0.2, -0.15) is 0 Å². The summed E-state index contributed by atoms with van der Waals surface area (Å²) in [5.41, 5.74) is 0. The first-order valence-electron chi connectivity index (χ1n) is 23.3. The molecule has 0 aromatic heterocycles. The van der Waals surface area contributed by atoms with E-state index in [2.05, 4.69) is 79.6 Å². The largest absolute Gasteiger partial charge is 5.00 e. The summed E-state index contributed by atoms with van der Waals surface area (Å²) < 4.78 is 25.8. The number of carboxylic acids is 5. The zero-order valence-corrected chi connectivity index (χ0v) is 46.5. The third-order valence-electron chi connectivity index (χ3n) is 19.0. The molecule has 10 bridgehead atoms. The smallest absolute Gasteiger partial charge is 0.550 e. The summed E-state index contributed by atoms with van der Waals surface area (Å²) in [5, 5.41) is 54.7. The van der Waals surface area contributed by atoms with Gasteiger partial charge >= 0.3 is 52.2 Å². The van der Waals surface area contributed by atoms with E-state index in [0.717, 1.165) is 32.1 Å². The van der Waals surface area contributed by atoms with Crippen LogP contribution in [0.2, 0.25) is 0 Å². The molecule has 10 saturated carbocycles. The van der Waals surface area contributed by atoms with Crippen LogP contribution in [0.15, 0.2) is 0 Å². The van der Waals surface area contributed by atoms with Crippen molar-refractivity contribution >= 4 is 139 Å². The second-order valence-corrected chi connectivity index (χ2v) is 26.7. The number of carbonyl (C=O) groups is 10. The number of carbonyl (C=O) groups excluding carboxylic acids is 10. The van der Waals surface area contributed by atoms with E-state index in [1.165, 1.54) is 0 Å². The zero-order chi connectivity index (χ0) is 50.2. The van der Waals surface area contributed by atoms with Gasteiger partial charge in [0.05, 0.1) is 53.7 Å². The van der Waals surface area contributed by atoms with Gasteiger partial charge in [0, 0.05) is 89.0 Å². The number of aliphatic carboxylic acids is 5. The molecule has 0 aromatic carbocycles. The molecule has 5 saturated heterocycles. The summed E-state index contributed by atoms with van der Waals surface area (Å²) in [7, 11) is 0. The molecule has 15 aliphatic rings. The van der Waals surface area contributed by atoms with E-state index in [9.17, 15) is 73.5 Å². The molecule has 15 rings (SSSR count). The first-order valence-corrected chi connectivity index (χ1v) is 27.9. The molecular formula is C45H40Br5NbO20. The number of halogens is 5. The third-order valence-corrected chi connectivity index (χ3v) is 25.0. The van der Waals surface area contributed by atoms with E-state index in [4.69, 9.17) is 23.7 Å². The Bertz CT molecular complexity index is 2020. The van der Waals surface area contributed by atoms with E-state index in [1.807, 2.05) is 0 Å². The Morgan fingerprint density at radius 1 is 0.310 bits per heavy atom. The Hall–Kier alpha value is -2.16. The van der Waals surface area contributed by atoms with E-state index >= 15 is 0 Å². The van der Waals surface area contributed by atoms with E-state index < -0.39 is 89.0 Å². The minimum Gasteiger partial charge on any atom is -0.550 e. The Morgan fingerprint density at radius 2 is 0.451 bits per heavy atom. The molecule has 380 valence electrons. The minimum atomic E-state index is -1.11. The zero-order valence-electron chi connectivity index (χ0n) is 36.4. The van der Waals surface area contributed by atoms with Crippen LogP contribution in [0.4, 0.5) is 0 Å². The maximum atomic E-state index is 11.4. The molecule has 5 aliphatic heterocycles. The molecule has 71 heavy (non-hydrogen) atoms. The predicted molar refractivity (Wildman–Crippen MR) is 231 cm³/mol.